The fourth-order valence-corrected chi connectivity index (χ4v) is 4.35. The molecular formula is C23H19F4N5O2. The number of H-pyrrole nitrogens is 1. The Balaban J connectivity index is 1.51. The Labute approximate surface area is 190 Å². The molecule has 1 atom stereocenters. The summed E-state index contributed by atoms with van der Waals surface area (Å²) in [4.78, 5) is 34.7. The molecule has 4 aromatic rings. The van der Waals surface area contributed by atoms with E-state index in [1.54, 1.807) is 36.7 Å². The van der Waals surface area contributed by atoms with Crippen molar-refractivity contribution in [3.63, 3.8) is 0 Å². The van der Waals surface area contributed by atoms with Crippen molar-refractivity contribution in [2.45, 2.75) is 39.2 Å². The number of aromatic nitrogens is 4. The molecule has 0 bridgehead atoms. The lowest BCUT2D eigenvalue weighted by atomic mass is 10.1. The first-order chi connectivity index (χ1) is 16.0. The number of aromatic amines is 1. The predicted molar refractivity (Wildman–Crippen MR) is 115 cm³/mol. The third-order valence-corrected chi connectivity index (χ3v) is 6.10. The molecule has 34 heavy (non-hydrogen) atoms. The van der Waals surface area contributed by atoms with Crippen molar-refractivity contribution in [3.05, 3.63) is 81.7 Å². The third kappa shape index (κ3) is 3.47. The van der Waals surface area contributed by atoms with Crippen LogP contribution in [0.4, 0.5) is 17.6 Å². The van der Waals surface area contributed by atoms with Gasteiger partial charge in [0.1, 0.15) is 17.2 Å². The van der Waals surface area contributed by atoms with E-state index in [2.05, 4.69) is 9.97 Å². The van der Waals surface area contributed by atoms with Gasteiger partial charge in [0.25, 0.3) is 11.5 Å². The summed E-state index contributed by atoms with van der Waals surface area (Å²) in [7, 11) is 0. The van der Waals surface area contributed by atoms with Crippen molar-refractivity contribution in [3.8, 4) is 5.69 Å². The Hall–Kier alpha value is -3.89. The van der Waals surface area contributed by atoms with Gasteiger partial charge in [0, 0.05) is 42.4 Å². The van der Waals surface area contributed by atoms with Crippen molar-refractivity contribution in [1.29, 1.82) is 0 Å². The van der Waals surface area contributed by atoms with Gasteiger partial charge in [0.2, 0.25) is 0 Å². The van der Waals surface area contributed by atoms with Crippen LogP contribution in [0.25, 0.3) is 16.6 Å². The molecule has 176 valence electrons. The van der Waals surface area contributed by atoms with E-state index < -0.39 is 29.5 Å². The van der Waals surface area contributed by atoms with E-state index in [4.69, 9.17) is 0 Å². The van der Waals surface area contributed by atoms with Gasteiger partial charge in [-0.05, 0) is 43.7 Å². The highest BCUT2D eigenvalue weighted by molar-refractivity contribution is 5.94. The molecule has 0 spiro atoms. The van der Waals surface area contributed by atoms with E-state index in [1.807, 2.05) is 0 Å². The van der Waals surface area contributed by atoms with Gasteiger partial charge in [-0.3, -0.25) is 9.59 Å². The second-order valence-electron chi connectivity index (χ2n) is 8.41. The van der Waals surface area contributed by atoms with E-state index in [9.17, 15) is 27.2 Å². The van der Waals surface area contributed by atoms with Gasteiger partial charge in [0.15, 0.2) is 0 Å². The number of pyridine rings is 1. The molecule has 5 rings (SSSR count). The Kier molecular flexibility index (Phi) is 4.88. The van der Waals surface area contributed by atoms with E-state index in [0.717, 1.165) is 17.8 Å². The second kappa shape index (κ2) is 7.57. The molecule has 0 aliphatic carbocycles. The van der Waals surface area contributed by atoms with Crippen molar-refractivity contribution in [1.82, 2.24) is 24.0 Å². The molecular weight excluding hydrogens is 454 g/mol. The molecule has 0 radical (unpaired) electrons. The minimum atomic E-state index is -4.84. The zero-order chi connectivity index (χ0) is 24.4. The van der Waals surface area contributed by atoms with E-state index in [0.29, 0.717) is 11.3 Å². The molecule has 1 aliphatic heterocycles. The fraction of sp³-hybridized carbons (Fsp3) is 0.261. The first-order valence-corrected chi connectivity index (χ1v) is 10.5. The Morgan fingerprint density at radius 1 is 1.21 bits per heavy atom. The first-order valence-electron chi connectivity index (χ1n) is 10.5. The average molecular weight is 473 g/mol. The topological polar surface area (TPSA) is 75.9 Å². The molecule has 1 aromatic carbocycles. The lowest BCUT2D eigenvalue weighted by Crippen LogP contribution is -2.49. The van der Waals surface area contributed by atoms with Crippen LogP contribution in [0.5, 0.6) is 0 Å². The fourth-order valence-electron chi connectivity index (χ4n) is 4.35. The average Bonchev–Trinajstić information content (AvgIpc) is 3.36. The molecule has 7 nitrogen and oxygen atoms in total. The summed E-state index contributed by atoms with van der Waals surface area (Å²) in [5.74, 6) is -1.79. The number of hydrogen-bond acceptors (Lipinski definition) is 3. The highest BCUT2D eigenvalue weighted by atomic mass is 19.4. The number of amides is 1. The number of hydrogen-bond donors (Lipinski definition) is 1. The summed E-state index contributed by atoms with van der Waals surface area (Å²) in [5, 5.41) is 0.183. The molecule has 4 heterocycles. The van der Waals surface area contributed by atoms with Crippen LogP contribution in [0.1, 0.15) is 34.2 Å². The number of alkyl halides is 3. The normalized spacial score (nSPS) is 16.4. The maximum atomic E-state index is 13.9. The highest BCUT2D eigenvalue weighted by Gasteiger charge is 2.35. The Morgan fingerprint density at radius 2 is 1.97 bits per heavy atom. The summed E-state index contributed by atoms with van der Waals surface area (Å²) in [6.45, 7) is 3.77. The summed E-state index contributed by atoms with van der Waals surface area (Å²) >= 11 is 0. The summed E-state index contributed by atoms with van der Waals surface area (Å²) in [6, 6.07) is 4.25. The molecule has 0 saturated heterocycles. The molecule has 1 amide bonds. The van der Waals surface area contributed by atoms with Gasteiger partial charge < -0.3 is 19.0 Å². The number of fused-ring (bicyclic) bond motifs is 2. The van der Waals surface area contributed by atoms with Gasteiger partial charge in [-0.15, -0.1) is 0 Å². The van der Waals surface area contributed by atoms with Gasteiger partial charge in [0.05, 0.1) is 17.6 Å². The van der Waals surface area contributed by atoms with Crippen LogP contribution >= 0.6 is 0 Å². The second-order valence-corrected chi connectivity index (χ2v) is 8.41. The SMILES string of the molecule is Cc1cn(-c2ccc3n(c2=O)CC(C)N(Cc2c[nH]c4cc(F)c(C(F)(F)F)cc24)C3=O)cn1. The van der Waals surface area contributed by atoms with Crippen LogP contribution in [-0.2, 0) is 19.3 Å². The van der Waals surface area contributed by atoms with Crippen molar-refractivity contribution < 1.29 is 22.4 Å². The minimum Gasteiger partial charge on any atom is -0.361 e. The quantitative estimate of drug-likeness (QED) is 0.457. The van der Waals surface area contributed by atoms with Crippen LogP contribution < -0.4 is 5.56 Å². The summed E-state index contributed by atoms with van der Waals surface area (Å²) < 4.78 is 56.5. The van der Waals surface area contributed by atoms with E-state index in [1.165, 1.54) is 22.0 Å². The lowest BCUT2D eigenvalue weighted by molar-refractivity contribution is -0.139. The number of nitrogens with one attached hydrogen (secondary N) is 1. The molecule has 1 unspecified atom stereocenters. The van der Waals surface area contributed by atoms with Gasteiger partial charge in [-0.1, -0.05) is 0 Å². The molecule has 0 saturated carbocycles. The van der Waals surface area contributed by atoms with Crippen LogP contribution in [0, 0.1) is 12.7 Å². The predicted octanol–water partition coefficient (Wildman–Crippen LogP) is 4.03. The number of halogens is 4. The van der Waals surface area contributed by atoms with Crippen LogP contribution in [0.3, 0.4) is 0 Å². The number of benzene rings is 1. The summed E-state index contributed by atoms with van der Waals surface area (Å²) in [6.07, 6.45) is -0.142. The van der Waals surface area contributed by atoms with Gasteiger partial charge in [-0.2, -0.15) is 13.2 Å². The monoisotopic (exact) mass is 473 g/mol. The zero-order valence-corrected chi connectivity index (χ0v) is 18.2. The van der Waals surface area contributed by atoms with E-state index >= 15 is 0 Å². The maximum Gasteiger partial charge on any atom is 0.419 e. The first kappa shape index (κ1) is 21.9. The van der Waals surface area contributed by atoms with Crippen molar-refractivity contribution >= 4 is 16.8 Å². The van der Waals surface area contributed by atoms with Gasteiger partial charge >= 0.3 is 6.18 Å². The number of carbonyl (C=O) groups is 1. The van der Waals surface area contributed by atoms with Crippen molar-refractivity contribution in [2.75, 3.05) is 0 Å². The Morgan fingerprint density at radius 3 is 2.65 bits per heavy atom. The highest BCUT2D eigenvalue weighted by Crippen LogP contribution is 2.35. The molecule has 11 heteroatoms. The number of carbonyl (C=O) groups excluding carboxylic acids is 1. The molecule has 0 fully saturated rings. The third-order valence-electron chi connectivity index (χ3n) is 6.10. The Bertz CT molecular complexity index is 1500. The number of imidazole rings is 1. The number of nitrogens with zero attached hydrogens (tertiary/aromatic N) is 4. The standard InChI is InChI=1S/C23H19F4N5O2/c1-12-8-30(11-29-12)19-3-4-20-22(34)31(13(2)9-32(20)21(19)33)10-14-7-28-18-6-17(24)16(5-15(14)18)23(25,26)27/h3-8,11,13,28H,9-10H2,1-2H3. The van der Waals surface area contributed by atoms with Crippen molar-refractivity contribution in [2.24, 2.45) is 0 Å². The minimum absolute atomic E-state index is 0.000410. The van der Waals surface area contributed by atoms with Crippen LogP contribution in [0.15, 0.2) is 47.8 Å². The van der Waals surface area contributed by atoms with Crippen LogP contribution in [0.2, 0.25) is 0 Å². The lowest BCUT2D eigenvalue weighted by Gasteiger charge is -2.35. The smallest absolute Gasteiger partial charge is 0.361 e. The number of rotatable bonds is 3. The van der Waals surface area contributed by atoms with E-state index in [-0.39, 0.29) is 35.2 Å². The largest absolute Gasteiger partial charge is 0.419 e. The van der Waals surface area contributed by atoms with Crippen LogP contribution in [-0.4, -0.2) is 36.0 Å². The molecule has 1 aliphatic rings. The maximum absolute atomic E-state index is 13.9. The summed E-state index contributed by atoms with van der Waals surface area (Å²) in [5.41, 5.74) is 0.202. The molecule has 1 N–H and O–H groups in total. The van der Waals surface area contributed by atoms with Gasteiger partial charge in [-0.25, -0.2) is 9.37 Å². The molecule has 3 aromatic heterocycles. The zero-order valence-electron chi connectivity index (χ0n) is 18.2. The number of aryl methyl sites for hydroxylation is 1.